The van der Waals surface area contributed by atoms with E-state index in [4.69, 9.17) is 11.6 Å². The average molecular weight is 306 g/mol. The van der Waals surface area contributed by atoms with E-state index in [-0.39, 0.29) is 5.95 Å². The number of carbonyl (C=O) groups is 1. The van der Waals surface area contributed by atoms with Gasteiger partial charge in [0.15, 0.2) is 5.13 Å². The topological polar surface area (TPSA) is 79.8 Å². The highest BCUT2D eigenvalue weighted by Crippen LogP contribution is 2.30. The van der Waals surface area contributed by atoms with Crippen LogP contribution < -0.4 is 10.6 Å². The van der Waals surface area contributed by atoms with E-state index in [2.05, 4.69) is 25.6 Å². The zero-order chi connectivity index (χ0) is 13.9. The van der Waals surface area contributed by atoms with Gasteiger partial charge in [0.25, 0.3) is 0 Å². The number of benzene rings is 1. The maximum atomic E-state index is 11.8. The van der Waals surface area contributed by atoms with Crippen molar-refractivity contribution >= 4 is 50.3 Å². The van der Waals surface area contributed by atoms with Crippen molar-refractivity contribution in [3.63, 3.8) is 0 Å². The third-order valence-corrected chi connectivity index (χ3v) is 3.62. The smallest absolute Gasteiger partial charge is 0.283 e. The molecule has 2 amide bonds. The van der Waals surface area contributed by atoms with E-state index in [0.717, 1.165) is 4.70 Å². The third-order valence-electron chi connectivity index (χ3n) is 2.38. The second-order valence-corrected chi connectivity index (χ2v) is 5.19. The number of anilines is 2. The molecular weight excluding hydrogens is 298 g/mol. The Kier molecular flexibility index (Phi) is 3.44. The van der Waals surface area contributed by atoms with Crippen LogP contribution in [0.2, 0.25) is 5.02 Å². The highest BCUT2D eigenvalue weighted by atomic mass is 35.5. The number of nitrogens with one attached hydrogen (secondary N) is 2. The van der Waals surface area contributed by atoms with E-state index >= 15 is 0 Å². The lowest BCUT2D eigenvalue weighted by molar-refractivity contribution is 0.262. The maximum absolute atomic E-state index is 11.8. The molecule has 20 heavy (non-hydrogen) atoms. The van der Waals surface area contributed by atoms with Crippen LogP contribution in [-0.2, 0) is 0 Å². The molecule has 3 rings (SSSR count). The van der Waals surface area contributed by atoms with E-state index in [1.807, 2.05) is 12.1 Å². The lowest BCUT2D eigenvalue weighted by Crippen LogP contribution is -2.20. The maximum Gasteiger partial charge on any atom is 0.327 e. The van der Waals surface area contributed by atoms with Gasteiger partial charge in [-0.2, -0.15) is 0 Å². The summed E-state index contributed by atoms with van der Waals surface area (Å²) in [5.74, 6) is 0.226. The van der Waals surface area contributed by atoms with Crippen molar-refractivity contribution in [1.29, 1.82) is 0 Å². The lowest BCUT2D eigenvalue weighted by Gasteiger charge is -2.02. The third kappa shape index (κ3) is 2.68. The van der Waals surface area contributed by atoms with Gasteiger partial charge in [0.1, 0.15) is 5.52 Å². The fourth-order valence-corrected chi connectivity index (χ4v) is 2.72. The largest absolute Gasteiger partial charge is 0.327 e. The molecule has 0 saturated carbocycles. The van der Waals surface area contributed by atoms with Gasteiger partial charge in [-0.15, -0.1) is 0 Å². The summed E-state index contributed by atoms with van der Waals surface area (Å²) >= 11 is 7.37. The molecule has 1 aromatic carbocycles. The number of rotatable bonds is 2. The van der Waals surface area contributed by atoms with Crippen LogP contribution >= 0.6 is 22.9 Å². The summed E-state index contributed by atoms with van der Waals surface area (Å²) in [6.45, 7) is 0. The van der Waals surface area contributed by atoms with Crippen molar-refractivity contribution < 1.29 is 4.79 Å². The van der Waals surface area contributed by atoms with Crippen molar-refractivity contribution in [3.05, 3.63) is 41.7 Å². The number of hydrogen-bond acceptors (Lipinski definition) is 5. The molecule has 0 fully saturated rings. The number of thiazole rings is 1. The van der Waals surface area contributed by atoms with Crippen molar-refractivity contribution in [1.82, 2.24) is 15.0 Å². The van der Waals surface area contributed by atoms with Crippen LogP contribution in [0, 0.1) is 0 Å². The molecule has 0 unspecified atom stereocenters. The first-order chi connectivity index (χ1) is 9.72. The molecule has 2 aromatic heterocycles. The molecule has 3 aromatic rings. The Bertz CT molecular complexity index is 761. The van der Waals surface area contributed by atoms with Crippen LogP contribution in [0.1, 0.15) is 0 Å². The summed E-state index contributed by atoms with van der Waals surface area (Å²) in [5, 5.41) is 6.15. The van der Waals surface area contributed by atoms with Crippen LogP contribution in [0.25, 0.3) is 10.2 Å². The minimum Gasteiger partial charge on any atom is -0.283 e. The van der Waals surface area contributed by atoms with Crippen LogP contribution in [0.5, 0.6) is 0 Å². The molecule has 8 heteroatoms. The van der Waals surface area contributed by atoms with E-state index in [1.165, 1.54) is 11.3 Å². The Morgan fingerprint density at radius 3 is 2.70 bits per heavy atom. The fourth-order valence-electron chi connectivity index (χ4n) is 1.56. The molecule has 6 nitrogen and oxygen atoms in total. The minimum absolute atomic E-state index is 0.226. The first-order valence-corrected chi connectivity index (χ1v) is 6.82. The van der Waals surface area contributed by atoms with Crippen molar-refractivity contribution in [2.75, 3.05) is 10.6 Å². The number of carbonyl (C=O) groups excluding carboxylic acids is 1. The Hall–Kier alpha value is -2.25. The van der Waals surface area contributed by atoms with Crippen LogP contribution in [0.3, 0.4) is 0 Å². The molecule has 2 N–H and O–H groups in total. The molecule has 0 radical (unpaired) electrons. The number of nitrogens with zero attached hydrogens (tertiary/aromatic N) is 3. The Balaban J connectivity index is 1.76. The molecule has 0 aliphatic rings. The lowest BCUT2D eigenvalue weighted by atomic mass is 10.3. The summed E-state index contributed by atoms with van der Waals surface area (Å²) in [6, 6.07) is 6.70. The van der Waals surface area contributed by atoms with Gasteiger partial charge in [0.2, 0.25) is 5.95 Å². The molecule has 0 bridgehead atoms. The predicted molar refractivity (Wildman–Crippen MR) is 79.3 cm³/mol. The SMILES string of the molecule is O=C(Nc1ncccn1)Nc1nc2c(Cl)cccc2s1. The molecule has 100 valence electrons. The second-order valence-electron chi connectivity index (χ2n) is 3.76. The van der Waals surface area contributed by atoms with Crippen molar-refractivity contribution in [2.24, 2.45) is 0 Å². The number of aromatic nitrogens is 3. The number of hydrogen-bond donors (Lipinski definition) is 2. The molecule has 0 saturated heterocycles. The van der Waals surface area contributed by atoms with E-state index in [0.29, 0.717) is 15.7 Å². The van der Waals surface area contributed by atoms with Crippen molar-refractivity contribution in [3.8, 4) is 0 Å². The van der Waals surface area contributed by atoms with Gasteiger partial charge in [-0.25, -0.2) is 19.7 Å². The Labute approximate surface area is 122 Å². The van der Waals surface area contributed by atoms with Crippen LogP contribution in [-0.4, -0.2) is 21.0 Å². The summed E-state index contributed by atoms with van der Waals surface area (Å²) < 4.78 is 0.906. The zero-order valence-electron chi connectivity index (χ0n) is 10.0. The molecule has 0 atom stereocenters. The quantitative estimate of drug-likeness (QED) is 0.760. The highest BCUT2D eigenvalue weighted by Gasteiger charge is 2.10. The van der Waals surface area contributed by atoms with E-state index in [1.54, 1.807) is 24.5 Å². The number of para-hydroxylation sites is 1. The summed E-state index contributed by atoms with van der Waals surface area (Å²) in [4.78, 5) is 23.8. The molecule has 0 aliphatic carbocycles. The van der Waals surface area contributed by atoms with E-state index in [9.17, 15) is 4.79 Å². The monoisotopic (exact) mass is 305 g/mol. The number of halogens is 1. The summed E-state index contributed by atoms with van der Waals surface area (Å²) in [7, 11) is 0. The van der Waals surface area contributed by atoms with Gasteiger partial charge in [-0.3, -0.25) is 10.6 Å². The van der Waals surface area contributed by atoms with Gasteiger partial charge in [0.05, 0.1) is 9.72 Å². The standard InChI is InChI=1S/C12H8ClN5OS/c13-7-3-1-4-8-9(7)16-12(20-8)18-11(19)17-10-14-5-2-6-15-10/h1-6H,(H2,14,15,16,17,18,19). The van der Waals surface area contributed by atoms with Crippen LogP contribution in [0.4, 0.5) is 15.9 Å². The van der Waals surface area contributed by atoms with Gasteiger partial charge < -0.3 is 0 Å². The minimum atomic E-state index is -0.452. The first-order valence-electron chi connectivity index (χ1n) is 5.62. The van der Waals surface area contributed by atoms with E-state index < -0.39 is 6.03 Å². The van der Waals surface area contributed by atoms with Gasteiger partial charge in [-0.05, 0) is 18.2 Å². The molecule has 0 spiro atoms. The first kappa shape index (κ1) is 12.8. The fraction of sp³-hybridized carbons (Fsp3) is 0. The molecular formula is C12H8ClN5OS. The number of fused-ring (bicyclic) bond motifs is 1. The summed E-state index contributed by atoms with van der Waals surface area (Å²) in [6.07, 6.45) is 3.08. The summed E-state index contributed by atoms with van der Waals surface area (Å²) in [5.41, 5.74) is 0.672. The molecule has 0 aliphatic heterocycles. The second kappa shape index (κ2) is 5.40. The van der Waals surface area contributed by atoms with Gasteiger partial charge in [-0.1, -0.05) is 29.0 Å². The Morgan fingerprint density at radius 2 is 1.95 bits per heavy atom. The number of amides is 2. The Morgan fingerprint density at radius 1 is 1.15 bits per heavy atom. The van der Waals surface area contributed by atoms with Gasteiger partial charge in [0, 0.05) is 12.4 Å². The zero-order valence-corrected chi connectivity index (χ0v) is 11.6. The van der Waals surface area contributed by atoms with Gasteiger partial charge >= 0.3 is 6.03 Å². The number of urea groups is 1. The average Bonchev–Trinajstić information content (AvgIpc) is 2.83. The highest BCUT2D eigenvalue weighted by molar-refractivity contribution is 7.22. The van der Waals surface area contributed by atoms with Crippen LogP contribution in [0.15, 0.2) is 36.7 Å². The normalized spacial score (nSPS) is 10.4. The predicted octanol–water partition coefficient (Wildman–Crippen LogP) is 3.38. The van der Waals surface area contributed by atoms with Crippen molar-refractivity contribution in [2.45, 2.75) is 0 Å². The molecule has 2 heterocycles.